The summed E-state index contributed by atoms with van der Waals surface area (Å²) in [4.78, 5) is 42.1. The van der Waals surface area contributed by atoms with Crippen LogP contribution in [0.5, 0.6) is 5.75 Å². The standard InChI is InChI=1S/C38H36F4N2O6/c1-37(2,3)50-36(48)43-20-18-27-13-16-31(49-23-25-9-14-29(15-10-25)38(40,41)42)22-32(27)33(43)34(45)44(35(46)47)19-17-24-7-11-26(12-8-24)28-5-4-6-30(39)21-28/h4-16,21-22,33H,17-20,23H2,1-3H3,(H,46,47)/t33-/m0/s1. The fraction of sp³-hybridized carbons (Fsp3) is 0.289. The minimum Gasteiger partial charge on any atom is -0.489 e. The Bertz CT molecular complexity index is 1850. The molecule has 0 bridgehead atoms. The molecule has 5 rings (SSSR count). The molecule has 0 radical (unpaired) electrons. The van der Waals surface area contributed by atoms with Crippen molar-refractivity contribution in [3.8, 4) is 16.9 Å². The van der Waals surface area contributed by atoms with E-state index in [2.05, 4.69) is 0 Å². The normalized spacial score (nSPS) is 14.5. The fourth-order valence-corrected chi connectivity index (χ4v) is 5.64. The number of alkyl halides is 3. The van der Waals surface area contributed by atoms with Gasteiger partial charge < -0.3 is 14.6 Å². The van der Waals surface area contributed by atoms with Crippen molar-refractivity contribution >= 4 is 18.1 Å². The van der Waals surface area contributed by atoms with Gasteiger partial charge in [0.05, 0.1) is 5.56 Å². The van der Waals surface area contributed by atoms with E-state index in [0.29, 0.717) is 33.6 Å². The summed E-state index contributed by atoms with van der Waals surface area (Å²) >= 11 is 0. The van der Waals surface area contributed by atoms with Crippen LogP contribution in [0.1, 0.15) is 54.6 Å². The molecule has 1 atom stereocenters. The van der Waals surface area contributed by atoms with E-state index in [0.717, 1.165) is 23.3 Å². The summed E-state index contributed by atoms with van der Waals surface area (Å²) in [6.07, 6.45) is -6.25. The second-order valence-corrected chi connectivity index (χ2v) is 12.9. The Morgan fingerprint density at radius 1 is 0.880 bits per heavy atom. The topological polar surface area (TPSA) is 96.4 Å². The molecular formula is C38H36F4N2O6. The van der Waals surface area contributed by atoms with Gasteiger partial charge in [-0.05, 0) is 103 Å². The molecule has 4 aromatic carbocycles. The number of hydrogen-bond donors (Lipinski definition) is 1. The molecule has 0 saturated heterocycles. The molecule has 1 heterocycles. The third-order valence-corrected chi connectivity index (χ3v) is 8.13. The zero-order valence-corrected chi connectivity index (χ0v) is 27.7. The van der Waals surface area contributed by atoms with Crippen molar-refractivity contribution in [2.75, 3.05) is 13.1 Å². The first-order chi connectivity index (χ1) is 23.6. The average Bonchev–Trinajstić information content (AvgIpc) is 3.06. The summed E-state index contributed by atoms with van der Waals surface area (Å²) < 4.78 is 64.2. The van der Waals surface area contributed by atoms with Crippen LogP contribution in [-0.2, 0) is 35.2 Å². The highest BCUT2D eigenvalue weighted by Gasteiger charge is 2.42. The molecule has 0 aromatic heterocycles. The van der Waals surface area contributed by atoms with Crippen LogP contribution in [0, 0.1) is 5.82 Å². The lowest BCUT2D eigenvalue weighted by molar-refractivity contribution is -0.137. The fourth-order valence-electron chi connectivity index (χ4n) is 5.64. The van der Waals surface area contributed by atoms with E-state index in [1.165, 1.54) is 29.2 Å². The van der Waals surface area contributed by atoms with Crippen LogP contribution in [0.25, 0.3) is 11.1 Å². The van der Waals surface area contributed by atoms with Crippen molar-refractivity contribution in [3.05, 3.63) is 125 Å². The predicted octanol–water partition coefficient (Wildman–Crippen LogP) is 8.67. The number of carboxylic acid groups (broad SMARTS) is 1. The van der Waals surface area contributed by atoms with E-state index in [1.807, 2.05) is 0 Å². The van der Waals surface area contributed by atoms with Crippen molar-refractivity contribution < 1.29 is 46.5 Å². The molecule has 1 N–H and O–H groups in total. The molecule has 0 aliphatic carbocycles. The molecule has 8 nitrogen and oxygen atoms in total. The highest BCUT2D eigenvalue weighted by atomic mass is 19.4. The number of hydrogen-bond acceptors (Lipinski definition) is 5. The van der Waals surface area contributed by atoms with Crippen LogP contribution in [0.3, 0.4) is 0 Å². The summed E-state index contributed by atoms with van der Waals surface area (Å²) in [5, 5.41) is 10.2. The maximum Gasteiger partial charge on any atom is 0.416 e. The molecule has 12 heteroatoms. The van der Waals surface area contributed by atoms with Gasteiger partial charge in [0.25, 0.3) is 5.91 Å². The van der Waals surface area contributed by atoms with Crippen LogP contribution < -0.4 is 4.74 Å². The van der Waals surface area contributed by atoms with Gasteiger partial charge in [-0.15, -0.1) is 0 Å². The number of fused-ring (bicyclic) bond motifs is 1. The minimum atomic E-state index is -4.47. The molecule has 0 unspecified atom stereocenters. The van der Waals surface area contributed by atoms with Crippen molar-refractivity contribution in [3.63, 3.8) is 0 Å². The number of ether oxygens (including phenoxy) is 2. The Morgan fingerprint density at radius 3 is 2.18 bits per heavy atom. The number of amides is 3. The first kappa shape index (κ1) is 35.9. The number of benzene rings is 4. The van der Waals surface area contributed by atoms with Crippen LogP contribution >= 0.6 is 0 Å². The minimum absolute atomic E-state index is 0.0788. The summed E-state index contributed by atoms with van der Waals surface area (Å²) in [6, 6.07) is 21.3. The Hall–Kier alpha value is -5.39. The first-order valence-electron chi connectivity index (χ1n) is 15.9. The summed E-state index contributed by atoms with van der Waals surface area (Å²) in [5.41, 5.74) is 2.01. The average molecular weight is 693 g/mol. The highest BCUT2D eigenvalue weighted by Crippen LogP contribution is 2.36. The van der Waals surface area contributed by atoms with E-state index < -0.39 is 41.5 Å². The summed E-state index contributed by atoms with van der Waals surface area (Å²) in [7, 11) is 0. The van der Waals surface area contributed by atoms with Gasteiger partial charge in [-0.25, -0.2) is 18.9 Å². The van der Waals surface area contributed by atoms with E-state index in [4.69, 9.17) is 9.47 Å². The number of carbonyl (C=O) groups excluding carboxylic acids is 2. The quantitative estimate of drug-likeness (QED) is 0.186. The second kappa shape index (κ2) is 14.6. The lowest BCUT2D eigenvalue weighted by Gasteiger charge is -2.38. The van der Waals surface area contributed by atoms with Crippen LogP contribution in [0.2, 0.25) is 0 Å². The molecule has 4 aromatic rings. The highest BCUT2D eigenvalue weighted by molar-refractivity contribution is 5.97. The third-order valence-electron chi connectivity index (χ3n) is 8.13. The van der Waals surface area contributed by atoms with Crippen molar-refractivity contribution in [2.45, 2.75) is 58.0 Å². The Kier molecular flexibility index (Phi) is 10.5. The monoisotopic (exact) mass is 692 g/mol. The number of rotatable bonds is 8. The smallest absolute Gasteiger partial charge is 0.416 e. The van der Waals surface area contributed by atoms with Crippen LogP contribution in [0.4, 0.5) is 27.2 Å². The zero-order chi connectivity index (χ0) is 36.2. The van der Waals surface area contributed by atoms with Gasteiger partial charge in [0.15, 0.2) is 0 Å². The third kappa shape index (κ3) is 8.79. The Morgan fingerprint density at radius 2 is 1.56 bits per heavy atom. The van der Waals surface area contributed by atoms with Gasteiger partial charge in [0.2, 0.25) is 0 Å². The lowest BCUT2D eigenvalue weighted by atomic mass is 9.91. The van der Waals surface area contributed by atoms with Crippen LogP contribution in [0.15, 0.2) is 91.0 Å². The molecule has 0 fully saturated rings. The largest absolute Gasteiger partial charge is 0.489 e. The maximum absolute atomic E-state index is 14.2. The van der Waals surface area contributed by atoms with Crippen LogP contribution in [-0.4, -0.2) is 51.7 Å². The van der Waals surface area contributed by atoms with E-state index >= 15 is 0 Å². The molecule has 0 saturated carbocycles. The first-order valence-corrected chi connectivity index (χ1v) is 15.9. The maximum atomic E-state index is 14.2. The van der Waals surface area contributed by atoms with Crippen molar-refractivity contribution in [1.82, 2.24) is 9.80 Å². The number of imide groups is 1. The zero-order valence-electron chi connectivity index (χ0n) is 27.7. The number of halogens is 4. The van der Waals surface area contributed by atoms with E-state index in [1.54, 1.807) is 75.4 Å². The van der Waals surface area contributed by atoms with Gasteiger partial charge in [0.1, 0.15) is 29.8 Å². The van der Waals surface area contributed by atoms with Gasteiger partial charge in [-0.2, -0.15) is 13.2 Å². The van der Waals surface area contributed by atoms with E-state index in [-0.39, 0.29) is 37.7 Å². The number of nitrogens with zero attached hydrogens (tertiary/aromatic N) is 2. The second-order valence-electron chi connectivity index (χ2n) is 12.9. The van der Waals surface area contributed by atoms with Gasteiger partial charge in [0, 0.05) is 13.1 Å². The molecule has 50 heavy (non-hydrogen) atoms. The van der Waals surface area contributed by atoms with Gasteiger partial charge in [-0.3, -0.25) is 9.69 Å². The molecule has 1 aliphatic heterocycles. The summed E-state index contributed by atoms with van der Waals surface area (Å²) in [5.74, 6) is -0.960. The van der Waals surface area contributed by atoms with Gasteiger partial charge in [-0.1, -0.05) is 54.6 Å². The van der Waals surface area contributed by atoms with Crippen molar-refractivity contribution in [2.24, 2.45) is 0 Å². The lowest BCUT2D eigenvalue weighted by Crippen LogP contribution is -2.51. The molecule has 0 spiro atoms. The molecule has 1 aliphatic rings. The molecule has 3 amide bonds. The Balaban J connectivity index is 1.39. The van der Waals surface area contributed by atoms with Crippen molar-refractivity contribution in [1.29, 1.82) is 0 Å². The Labute approximate surface area is 286 Å². The predicted molar refractivity (Wildman–Crippen MR) is 177 cm³/mol. The van der Waals surface area contributed by atoms with Gasteiger partial charge >= 0.3 is 18.4 Å². The molecule has 262 valence electrons. The number of carbonyl (C=O) groups is 3. The molecular weight excluding hydrogens is 656 g/mol. The van der Waals surface area contributed by atoms with E-state index in [9.17, 15) is 37.1 Å². The SMILES string of the molecule is CC(C)(C)OC(=O)N1CCc2ccc(OCc3ccc(C(F)(F)F)cc3)cc2[C@H]1C(=O)N(CCc1ccc(-c2cccc(F)c2)cc1)C(=O)O. The summed E-state index contributed by atoms with van der Waals surface area (Å²) in [6.45, 7) is 4.82.